The number of aryl methyl sites for hydroxylation is 2. The van der Waals surface area contributed by atoms with Gasteiger partial charge in [-0.05, 0) is 58.3 Å². The third kappa shape index (κ3) is 3.06. The second-order valence-corrected chi connectivity index (χ2v) is 8.30. The highest BCUT2D eigenvalue weighted by atomic mass is 16.4. The lowest BCUT2D eigenvalue weighted by atomic mass is 9.82. The van der Waals surface area contributed by atoms with E-state index in [0.29, 0.717) is 18.1 Å². The number of aromatic nitrogens is 1. The van der Waals surface area contributed by atoms with E-state index in [1.807, 2.05) is 4.90 Å². The average molecular weight is 375 g/mol. The lowest BCUT2D eigenvalue weighted by Crippen LogP contribution is -2.63. The Labute approximate surface area is 159 Å². The van der Waals surface area contributed by atoms with Gasteiger partial charge in [-0.25, -0.2) is 4.98 Å². The van der Waals surface area contributed by atoms with E-state index in [1.54, 1.807) is 18.7 Å². The predicted molar refractivity (Wildman–Crippen MR) is 98.2 cm³/mol. The number of hydrogen-bond donors (Lipinski definition) is 1. The third-order valence-corrected chi connectivity index (χ3v) is 6.59. The number of rotatable bonds is 2. The van der Waals surface area contributed by atoms with Gasteiger partial charge in [0.1, 0.15) is 5.54 Å². The standard InChI is InChI=1S/C20H29N3O4/c1-13-17(27-14(2)21-13)18(25)23-12-4-10-20(23)9-3-11-22(19(20)26)15-5-7-16(24)8-6-15/h15-16,24H,3-12H2,1-2H3. The molecule has 3 aliphatic rings. The number of aliphatic hydroxyl groups excluding tert-OH is 1. The molecule has 7 heteroatoms. The molecule has 7 nitrogen and oxygen atoms in total. The summed E-state index contributed by atoms with van der Waals surface area (Å²) in [5, 5.41) is 9.79. The van der Waals surface area contributed by atoms with Gasteiger partial charge in [0.2, 0.25) is 11.7 Å². The number of oxazole rings is 1. The van der Waals surface area contributed by atoms with Gasteiger partial charge in [0, 0.05) is 26.1 Å². The van der Waals surface area contributed by atoms with Crippen LogP contribution in [0.3, 0.4) is 0 Å². The van der Waals surface area contributed by atoms with E-state index in [-0.39, 0.29) is 29.7 Å². The third-order valence-electron chi connectivity index (χ3n) is 6.59. The largest absolute Gasteiger partial charge is 0.436 e. The molecule has 3 heterocycles. The highest BCUT2D eigenvalue weighted by molar-refractivity contribution is 5.99. The summed E-state index contributed by atoms with van der Waals surface area (Å²) >= 11 is 0. The fourth-order valence-electron chi connectivity index (χ4n) is 5.25. The maximum atomic E-state index is 13.6. The molecule has 1 aliphatic carbocycles. The van der Waals surface area contributed by atoms with Gasteiger partial charge in [0.25, 0.3) is 5.91 Å². The Hall–Kier alpha value is -1.89. The Kier molecular flexibility index (Phi) is 4.74. The zero-order valence-corrected chi connectivity index (χ0v) is 16.2. The van der Waals surface area contributed by atoms with Crippen molar-refractivity contribution in [1.82, 2.24) is 14.8 Å². The van der Waals surface area contributed by atoms with Crippen LogP contribution in [0.15, 0.2) is 4.42 Å². The highest BCUT2D eigenvalue weighted by Crippen LogP contribution is 2.41. The molecular formula is C20H29N3O4. The average Bonchev–Trinajstić information content (AvgIpc) is 3.21. The summed E-state index contributed by atoms with van der Waals surface area (Å²) in [5.41, 5.74) is -0.153. The number of nitrogens with zero attached hydrogens (tertiary/aromatic N) is 3. The van der Waals surface area contributed by atoms with E-state index in [2.05, 4.69) is 4.98 Å². The zero-order valence-electron chi connectivity index (χ0n) is 16.2. The van der Waals surface area contributed by atoms with Gasteiger partial charge in [-0.1, -0.05) is 0 Å². The predicted octanol–water partition coefficient (Wildman–Crippen LogP) is 2.19. The Balaban J connectivity index is 1.59. The van der Waals surface area contributed by atoms with Gasteiger partial charge in [-0.3, -0.25) is 9.59 Å². The molecule has 0 aromatic carbocycles. The van der Waals surface area contributed by atoms with Crippen molar-refractivity contribution in [3.05, 3.63) is 17.3 Å². The van der Waals surface area contributed by atoms with Crippen LogP contribution in [0.1, 0.15) is 73.5 Å². The minimum absolute atomic E-state index is 0.0925. The first-order valence-corrected chi connectivity index (χ1v) is 10.2. The van der Waals surface area contributed by atoms with Crippen molar-refractivity contribution in [2.45, 2.75) is 82.9 Å². The van der Waals surface area contributed by atoms with Crippen molar-refractivity contribution in [3.8, 4) is 0 Å². The van der Waals surface area contributed by atoms with Gasteiger partial charge in [-0.2, -0.15) is 0 Å². The Morgan fingerprint density at radius 1 is 1.15 bits per heavy atom. The molecule has 148 valence electrons. The van der Waals surface area contributed by atoms with E-state index in [1.165, 1.54) is 0 Å². The summed E-state index contributed by atoms with van der Waals surface area (Å²) in [4.78, 5) is 34.8. The van der Waals surface area contributed by atoms with Crippen LogP contribution in [-0.4, -0.2) is 62.5 Å². The molecule has 1 aromatic heterocycles. The summed E-state index contributed by atoms with van der Waals surface area (Å²) in [6.07, 6.45) is 6.13. The summed E-state index contributed by atoms with van der Waals surface area (Å²) in [7, 11) is 0. The maximum absolute atomic E-state index is 13.6. The monoisotopic (exact) mass is 375 g/mol. The Morgan fingerprint density at radius 2 is 1.81 bits per heavy atom. The van der Waals surface area contributed by atoms with Crippen LogP contribution in [-0.2, 0) is 4.79 Å². The SMILES string of the molecule is Cc1nc(C)c(C(=O)N2CCCC23CCCN(C2CCC(O)CC2)C3=O)o1. The molecule has 1 aromatic rings. The smallest absolute Gasteiger partial charge is 0.292 e. The molecule has 1 atom stereocenters. The molecule has 1 N–H and O–H groups in total. The minimum atomic E-state index is -0.738. The zero-order chi connectivity index (χ0) is 19.2. The van der Waals surface area contributed by atoms with E-state index in [4.69, 9.17) is 4.42 Å². The molecule has 2 saturated heterocycles. The number of aliphatic hydroxyl groups is 1. The van der Waals surface area contributed by atoms with E-state index < -0.39 is 5.54 Å². The molecule has 3 fully saturated rings. The molecule has 1 saturated carbocycles. The van der Waals surface area contributed by atoms with Gasteiger partial charge in [0.15, 0.2) is 5.89 Å². The quantitative estimate of drug-likeness (QED) is 0.856. The van der Waals surface area contributed by atoms with E-state index >= 15 is 0 Å². The van der Waals surface area contributed by atoms with Crippen LogP contribution >= 0.6 is 0 Å². The number of carbonyl (C=O) groups is 2. The van der Waals surface area contributed by atoms with Crippen LogP contribution in [0.25, 0.3) is 0 Å². The molecule has 0 bridgehead atoms. The highest BCUT2D eigenvalue weighted by Gasteiger charge is 2.54. The normalized spacial score (nSPS) is 31.7. The number of hydrogen-bond acceptors (Lipinski definition) is 5. The lowest BCUT2D eigenvalue weighted by molar-refractivity contribution is -0.149. The summed E-state index contributed by atoms with van der Waals surface area (Å²) < 4.78 is 5.56. The van der Waals surface area contributed by atoms with Crippen molar-refractivity contribution in [2.75, 3.05) is 13.1 Å². The van der Waals surface area contributed by atoms with Crippen LogP contribution in [0, 0.1) is 13.8 Å². The van der Waals surface area contributed by atoms with Crippen molar-refractivity contribution < 1.29 is 19.1 Å². The molecule has 27 heavy (non-hydrogen) atoms. The van der Waals surface area contributed by atoms with E-state index in [0.717, 1.165) is 57.9 Å². The van der Waals surface area contributed by atoms with Crippen molar-refractivity contribution in [3.63, 3.8) is 0 Å². The van der Waals surface area contributed by atoms with Crippen molar-refractivity contribution >= 4 is 11.8 Å². The number of amides is 2. The molecule has 1 spiro atoms. The van der Waals surface area contributed by atoms with Crippen LogP contribution in [0.4, 0.5) is 0 Å². The van der Waals surface area contributed by atoms with E-state index in [9.17, 15) is 14.7 Å². The Bertz CT molecular complexity index is 738. The first kappa shape index (κ1) is 18.5. The second-order valence-electron chi connectivity index (χ2n) is 8.30. The van der Waals surface area contributed by atoms with Gasteiger partial charge in [-0.15, -0.1) is 0 Å². The molecule has 1 unspecified atom stereocenters. The first-order valence-electron chi connectivity index (χ1n) is 10.2. The van der Waals surface area contributed by atoms with Crippen LogP contribution < -0.4 is 0 Å². The fourth-order valence-corrected chi connectivity index (χ4v) is 5.25. The summed E-state index contributed by atoms with van der Waals surface area (Å²) in [6, 6.07) is 0.185. The van der Waals surface area contributed by atoms with Gasteiger partial charge in [0.05, 0.1) is 11.8 Å². The molecule has 2 aliphatic heterocycles. The summed E-state index contributed by atoms with van der Waals surface area (Å²) in [6.45, 7) is 4.84. The lowest BCUT2D eigenvalue weighted by Gasteiger charge is -2.47. The molecule has 2 amide bonds. The fraction of sp³-hybridized carbons (Fsp3) is 0.750. The van der Waals surface area contributed by atoms with Crippen LogP contribution in [0.5, 0.6) is 0 Å². The van der Waals surface area contributed by atoms with Crippen molar-refractivity contribution in [2.24, 2.45) is 0 Å². The second kappa shape index (κ2) is 6.93. The molecule has 0 radical (unpaired) electrons. The number of piperidine rings is 1. The molecular weight excluding hydrogens is 346 g/mol. The number of likely N-dealkylation sites (tertiary alicyclic amines) is 2. The summed E-state index contributed by atoms with van der Waals surface area (Å²) in [5.74, 6) is 0.621. The number of carbonyl (C=O) groups excluding carboxylic acids is 2. The van der Waals surface area contributed by atoms with Gasteiger partial charge < -0.3 is 19.3 Å². The van der Waals surface area contributed by atoms with Crippen LogP contribution in [0.2, 0.25) is 0 Å². The minimum Gasteiger partial charge on any atom is -0.436 e. The Morgan fingerprint density at radius 3 is 2.44 bits per heavy atom. The topological polar surface area (TPSA) is 86.9 Å². The molecule has 4 rings (SSSR count). The van der Waals surface area contributed by atoms with Gasteiger partial charge >= 0.3 is 0 Å². The van der Waals surface area contributed by atoms with Crippen molar-refractivity contribution in [1.29, 1.82) is 0 Å². The first-order chi connectivity index (χ1) is 12.9. The maximum Gasteiger partial charge on any atom is 0.292 e.